The number of nitrogens with zero attached hydrogens (tertiary/aromatic N) is 2. The smallest absolute Gasteiger partial charge is 0.106 e. The van der Waals surface area contributed by atoms with Gasteiger partial charge in [-0.25, -0.2) is 0 Å². The van der Waals surface area contributed by atoms with Gasteiger partial charge in [0.05, 0.1) is 5.71 Å². The molecule has 0 amide bonds. The number of likely N-dealkylation sites (N-methyl/N-ethyl adjacent to an activating group) is 1. The molecule has 0 saturated heterocycles. The van der Waals surface area contributed by atoms with Crippen LogP contribution in [0.4, 0.5) is 0 Å². The van der Waals surface area contributed by atoms with E-state index in [1.165, 1.54) is 12.1 Å². The summed E-state index contributed by atoms with van der Waals surface area (Å²) in [4.78, 5) is 7.05. The molecule has 1 heterocycles. The third-order valence-electron chi connectivity index (χ3n) is 2.15. The molecule has 13 heavy (non-hydrogen) atoms. The molecule has 0 bridgehead atoms. The van der Waals surface area contributed by atoms with Crippen molar-refractivity contribution in [2.45, 2.75) is 19.8 Å². The summed E-state index contributed by atoms with van der Waals surface area (Å²) in [6.45, 7) is 4.24. The highest BCUT2D eigenvalue weighted by Gasteiger charge is 2.08. The lowest BCUT2D eigenvalue weighted by Crippen LogP contribution is -2.26. The van der Waals surface area contributed by atoms with Gasteiger partial charge in [0.2, 0.25) is 0 Å². The minimum absolute atomic E-state index is 0.943. The Morgan fingerprint density at radius 3 is 3.08 bits per heavy atom. The van der Waals surface area contributed by atoms with Gasteiger partial charge in [-0.2, -0.15) is 0 Å². The average molecular weight is 182 g/mol. The third-order valence-corrected chi connectivity index (χ3v) is 2.15. The van der Waals surface area contributed by atoms with Crippen LogP contribution in [0.5, 0.6) is 0 Å². The van der Waals surface area contributed by atoms with Crippen LogP contribution in [0.25, 0.3) is 0 Å². The second kappa shape index (κ2) is 5.02. The van der Waals surface area contributed by atoms with E-state index in [1.54, 1.807) is 7.11 Å². The molecule has 0 aromatic carbocycles. The number of hydrogen-bond acceptors (Lipinski definition) is 3. The van der Waals surface area contributed by atoms with Crippen molar-refractivity contribution >= 4 is 5.71 Å². The van der Waals surface area contributed by atoms with E-state index < -0.39 is 0 Å². The summed E-state index contributed by atoms with van der Waals surface area (Å²) in [7, 11) is 3.74. The molecule has 3 nitrogen and oxygen atoms in total. The molecule has 1 aliphatic heterocycles. The fourth-order valence-corrected chi connectivity index (χ4v) is 1.62. The Morgan fingerprint density at radius 1 is 1.69 bits per heavy atom. The predicted molar refractivity (Wildman–Crippen MR) is 54.9 cm³/mol. The van der Waals surface area contributed by atoms with Crippen LogP contribution in [0.1, 0.15) is 19.8 Å². The van der Waals surface area contributed by atoms with Crippen LogP contribution < -0.4 is 0 Å². The Hall–Kier alpha value is -0.830. The van der Waals surface area contributed by atoms with E-state index in [9.17, 15) is 0 Å². The van der Waals surface area contributed by atoms with Gasteiger partial charge >= 0.3 is 0 Å². The fourth-order valence-electron chi connectivity index (χ4n) is 1.62. The first-order valence-corrected chi connectivity index (χ1v) is 4.65. The molecule has 74 valence electrons. The average Bonchev–Trinajstić information content (AvgIpc) is 2.04. The molecule has 0 atom stereocenters. The van der Waals surface area contributed by atoms with E-state index in [0.717, 1.165) is 25.1 Å². The lowest BCUT2D eigenvalue weighted by molar-refractivity contribution is 0.212. The zero-order valence-electron chi connectivity index (χ0n) is 8.71. The molecular weight excluding hydrogens is 164 g/mol. The highest BCUT2D eigenvalue weighted by molar-refractivity contribution is 5.83. The van der Waals surface area contributed by atoms with Crippen LogP contribution in [0.15, 0.2) is 16.8 Å². The van der Waals surface area contributed by atoms with Crippen molar-refractivity contribution in [1.82, 2.24) is 4.90 Å². The van der Waals surface area contributed by atoms with Gasteiger partial charge in [0, 0.05) is 19.5 Å². The van der Waals surface area contributed by atoms with Gasteiger partial charge in [-0.1, -0.05) is 16.8 Å². The first-order chi connectivity index (χ1) is 6.22. The van der Waals surface area contributed by atoms with Gasteiger partial charge in [-0.05, 0) is 20.4 Å². The highest BCUT2D eigenvalue weighted by atomic mass is 16.6. The number of hydrogen-bond donors (Lipinski definition) is 0. The molecule has 0 spiro atoms. The van der Waals surface area contributed by atoms with Gasteiger partial charge in [0.1, 0.15) is 7.11 Å². The van der Waals surface area contributed by atoms with Gasteiger partial charge < -0.3 is 9.74 Å². The molecule has 0 aromatic rings. The summed E-state index contributed by atoms with van der Waals surface area (Å²) >= 11 is 0. The lowest BCUT2D eigenvalue weighted by atomic mass is 10.0. The van der Waals surface area contributed by atoms with E-state index in [-0.39, 0.29) is 0 Å². The van der Waals surface area contributed by atoms with Crippen LogP contribution in [-0.2, 0) is 4.84 Å². The topological polar surface area (TPSA) is 24.8 Å². The Bertz CT molecular complexity index is 221. The molecule has 0 radical (unpaired) electrons. The minimum Gasteiger partial charge on any atom is -0.399 e. The fraction of sp³-hybridized carbons (Fsp3) is 0.700. The van der Waals surface area contributed by atoms with Crippen molar-refractivity contribution in [2.75, 3.05) is 27.2 Å². The summed E-state index contributed by atoms with van der Waals surface area (Å²) in [5, 5.41) is 3.90. The number of oxime groups is 1. The van der Waals surface area contributed by atoms with Crippen LogP contribution in [0.3, 0.4) is 0 Å². The molecule has 1 rings (SSSR count). The number of rotatable bonds is 3. The van der Waals surface area contributed by atoms with E-state index >= 15 is 0 Å². The molecule has 0 aliphatic carbocycles. The van der Waals surface area contributed by atoms with Crippen LogP contribution in [0.2, 0.25) is 0 Å². The molecule has 0 aromatic heterocycles. The Kier molecular flexibility index (Phi) is 3.96. The van der Waals surface area contributed by atoms with Crippen molar-refractivity contribution in [3.05, 3.63) is 11.6 Å². The first-order valence-electron chi connectivity index (χ1n) is 4.65. The summed E-state index contributed by atoms with van der Waals surface area (Å²) in [5.41, 5.74) is 2.50. The van der Waals surface area contributed by atoms with E-state index in [4.69, 9.17) is 4.84 Å². The SMILES string of the molecule is CON=C(C)CC1=CCCN(C)C1. The molecule has 3 heteroatoms. The highest BCUT2D eigenvalue weighted by Crippen LogP contribution is 2.11. The summed E-state index contributed by atoms with van der Waals surface area (Å²) in [6, 6.07) is 0. The van der Waals surface area contributed by atoms with Gasteiger partial charge in [-0.3, -0.25) is 0 Å². The van der Waals surface area contributed by atoms with Crippen molar-refractivity contribution in [3.8, 4) is 0 Å². The lowest BCUT2D eigenvalue weighted by Gasteiger charge is -2.22. The van der Waals surface area contributed by atoms with Gasteiger partial charge in [0.25, 0.3) is 0 Å². The van der Waals surface area contributed by atoms with Gasteiger partial charge in [-0.15, -0.1) is 0 Å². The van der Waals surface area contributed by atoms with Crippen LogP contribution in [0, 0.1) is 0 Å². The molecule has 0 N–H and O–H groups in total. The van der Waals surface area contributed by atoms with Crippen LogP contribution >= 0.6 is 0 Å². The summed E-state index contributed by atoms with van der Waals surface area (Å²) < 4.78 is 0. The summed E-state index contributed by atoms with van der Waals surface area (Å²) in [5.74, 6) is 0. The summed E-state index contributed by atoms with van der Waals surface area (Å²) in [6.07, 6.45) is 4.42. The van der Waals surface area contributed by atoms with E-state index in [2.05, 4.69) is 23.2 Å². The van der Waals surface area contributed by atoms with Gasteiger partial charge in [0.15, 0.2) is 0 Å². The second-order valence-corrected chi connectivity index (χ2v) is 3.57. The zero-order valence-corrected chi connectivity index (χ0v) is 8.71. The molecule has 0 saturated carbocycles. The maximum Gasteiger partial charge on any atom is 0.106 e. The minimum atomic E-state index is 0.943. The maximum absolute atomic E-state index is 4.72. The molecule has 0 fully saturated rings. The normalized spacial score (nSPS) is 19.9. The quantitative estimate of drug-likeness (QED) is 0.377. The maximum atomic E-state index is 4.72. The molecule has 0 unspecified atom stereocenters. The standard InChI is InChI=1S/C10H18N2O/c1-9(11-13-3)7-10-5-4-6-12(2)8-10/h5H,4,6-8H2,1-3H3. The predicted octanol–water partition coefficient (Wildman–Crippen LogP) is 1.66. The van der Waals surface area contributed by atoms with E-state index in [1.807, 2.05) is 6.92 Å². The zero-order chi connectivity index (χ0) is 9.68. The molecular formula is C10H18N2O. The van der Waals surface area contributed by atoms with Crippen LogP contribution in [-0.4, -0.2) is 37.9 Å². The van der Waals surface area contributed by atoms with Crippen molar-refractivity contribution in [3.63, 3.8) is 0 Å². The Morgan fingerprint density at radius 2 is 2.46 bits per heavy atom. The monoisotopic (exact) mass is 182 g/mol. The van der Waals surface area contributed by atoms with E-state index in [0.29, 0.717) is 0 Å². The van der Waals surface area contributed by atoms with Crippen molar-refractivity contribution in [1.29, 1.82) is 0 Å². The first kappa shape index (κ1) is 10.3. The second-order valence-electron chi connectivity index (χ2n) is 3.57. The third kappa shape index (κ3) is 3.59. The van der Waals surface area contributed by atoms with Crippen molar-refractivity contribution < 1.29 is 4.84 Å². The van der Waals surface area contributed by atoms with Crippen molar-refractivity contribution in [2.24, 2.45) is 5.16 Å². The Balaban J connectivity index is 2.44. The molecule has 1 aliphatic rings. The largest absolute Gasteiger partial charge is 0.399 e. The Labute approximate surface area is 80.1 Å².